The minimum atomic E-state index is 0.601. The number of aromatic nitrogens is 1. The predicted octanol–water partition coefficient (Wildman–Crippen LogP) is 7.75. The highest BCUT2D eigenvalue weighted by molar-refractivity contribution is 6.10. The third kappa shape index (κ3) is 4.37. The van der Waals surface area contributed by atoms with Gasteiger partial charge in [0.2, 0.25) is 0 Å². The Bertz CT molecular complexity index is 1810. The van der Waals surface area contributed by atoms with E-state index in [0.29, 0.717) is 18.5 Å². The molecule has 38 heavy (non-hydrogen) atoms. The van der Waals surface area contributed by atoms with Crippen LogP contribution in [0.15, 0.2) is 120 Å². The van der Waals surface area contributed by atoms with Gasteiger partial charge in [0, 0.05) is 30.3 Å². The molecule has 0 saturated carbocycles. The van der Waals surface area contributed by atoms with Gasteiger partial charge in [-0.2, -0.15) is 10.5 Å². The van der Waals surface area contributed by atoms with Crippen molar-refractivity contribution in [3.63, 3.8) is 0 Å². The molecule has 2 heterocycles. The van der Waals surface area contributed by atoms with Crippen LogP contribution in [0.5, 0.6) is 0 Å². The fourth-order valence-electron chi connectivity index (χ4n) is 4.95. The summed E-state index contributed by atoms with van der Waals surface area (Å²) in [4.78, 5) is 9.02. The van der Waals surface area contributed by atoms with Crippen LogP contribution in [0.25, 0.3) is 44.3 Å². The molecule has 0 amide bonds. The van der Waals surface area contributed by atoms with E-state index in [1.54, 1.807) is 12.3 Å². The number of fused-ring (bicyclic) bond motifs is 1. The lowest BCUT2D eigenvalue weighted by molar-refractivity contribution is 0.962. The maximum atomic E-state index is 9.25. The highest BCUT2D eigenvalue weighted by atomic mass is 14.7. The molecule has 4 nitrogen and oxygen atoms in total. The maximum absolute atomic E-state index is 9.25. The van der Waals surface area contributed by atoms with Crippen molar-refractivity contribution in [1.82, 2.24) is 4.98 Å². The van der Waals surface area contributed by atoms with Gasteiger partial charge in [-0.05, 0) is 56.8 Å². The molecule has 0 bridgehead atoms. The molecule has 0 unspecified atom stereocenters. The summed E-state index contributed by atoms with van der Waals surface area (Å²) in [7, 11) is 0. The molecule has 6 rings (SSSR count). The van der Waals surface area contributed by atoms with Crippen LogP contribution in [-0.2, 0) is 0 Å². The fraction of sp³-hybridized carbons (Fsp3) is 0.0588. The van der Waals surface area contributed by atoms with Crippen LogP contribution in [0.1, 0.15) is 17.5 Å². The van der Waals surface area contributed by atoms with Crippen LogP contribution in [-0.4, -0.2) is 17.2 Å². The molecule has 0 spiro atoms. The minimum absolute atomic E-state index is 0.601. The number of nitriles is 2. The molecule has 4 aromatic carbocycles. The van der Waals surface area contributed by atoms with Gasteiger partial charge < -0.3 is 0 Å². The normalized spacial score (nSPS) is 12.8. The van der Waals surface area contributed by atoms with Crippen LogP contribution in [0.3, 0.4) is 0 Å². The van der Waals surface area contributed by atoms with Gasteiger partial charge in [0.15, 0.2) is 0 Å². The molecule has 0 aliphatic carbocycles. The third-order valence-corrected chi connectivity index (χ3v) is 6.91. The van der Waals surface area contributed by atoms with Crippen LogP contribution in [0, 0.1) is 22.7 Å². The largest absolute Gasteiger partial charge is 0.284 e. The van der Waals surface area contributed by atoms with Crippen molar-refractivity contribution in [2.45, 2.75) is 6.42 Å². The molecule has 0 radical (unpaired) electrons. The first-order valence-electron chi connectivity index (χ1n) is 12.5. The lowest BCUT2D eigenvalue weighted by Crippen LogP contribution is -2.05. The number of aliphatic imine (C=N–C) groups is 1. The summed E-state index contributed by atoms with van der Waals surface area (Å²) in [5.74, 6) is 0. The quantitative estimate of drug-likeness (QED) is 0.261. The molecule has 0 atom stereocenters. The lowest BCUT2D eigenvalue weighted by atomic mass is 9.92. The number of hydrogen-bond donors (Lipinski definition) is 0. The molecule has 5 aromatic rings. The van der Waals surface area contributed by atoms with E-state index in [4.69, 9.17) is 0 Å². The minimum Gasteiger partial charge on any atom is -0.284 e. The summed E-state index contributed by atoms with van der Waals surface area (Å²) < 4.78 is 0. The molecule has 0 N–H and O–H groups in total. The van der Waals surface area contributed by atoms with Crippen LogP contribution < -0.4 is 0 Å². The second-order valence-corrected chi connectivity index (χ2v) is 9.20. The lowest BCUT2D eigenvalue weighted by Gasteiger charge is -2.13. The highest BCUT2D eigenvalue weighted by Gasteiger charge is 2.12. The van der Waals surface area contributed by atoms with Crippen LogP contribution in [0.4, 0.5) is 0 Å². The Kier molecular flexibility index (Phi) is 6.06. The summed E-state index contributed by atoms with van der Waals surface area (Å²) in [6, 6.07) is 37.6. The molecule has 0 saturated heterocycles. The third-order valence-electron chi connectivity index (χ3n) is 6.91. The van der Waals surface area contributed by atoms with Gasteiger partial charge in [0.05, 0.1) is 29.1 Å². The van der Waals surface area contributed by atoms with Gasteiger partial charge in [0.25, 0.3) is 0 Å². The Balaban J connectivity index is 1.35. The van der Waals surface area contributed by atoms with E-state index < -0.39 is 0 Å². The number of allylic oxidation sites excluding steroid dienone is 1. The molecule has 178 valence electrons. The Morgan fingerprint density at radius 2 is 1.24 bits per heavy atom. The predicted molar refractivity (Wildman–Crippen MR) is 152 cm³/mol. The number of hydrogen-bond acceptors (Lipinski definition) is 4. The van der Waals surface area contributed by atoms with Crippen LogP contribution >= 0.6 is 0 Å². The number of pyridine rings is 1. The molecular weight excluding hydrogens is 464 g/mol. The zero-order valence-corrected chi connectivity index (χ0v) is 20.6. The molecule has 1 aliphatic rings. The summed E-state index contributed by atoms with van der Waals surface area (Å²) >= 11 is 0. The summed E-state index contributed by atoms with van der Waals surface area (Å²) in [5, 5.41) is 20.8. The Labute approximate surface area is 221 Å². The van der Waals surface area contributed by atoms with E-state index in [0.717, 1.165) is 44.8 Å². The molecule has 4 heteroatoms. The van der Waals surface area contributed by atoms with Crippen molar-refractivity contribution in [2.24, 2.45) is 4.99 Å². The smallest absolute Gasteiger partial charge is 0.0992 e. The van der Waals surface area contributed by atoms with Crippen molar-refractivity contribution in [1.29, 1.82) is 10.5 Å². The fourth-order valence-corrected chi connectivity index (χ4v) is 4.95. The zero-order chi connectivity index (χ0) is 25.9. The van der Waals surface area contributed by atoms with Gasteiger partial charge in [-0.3, -0.25) is 9.98 Å². The van der Waals surface area contributed by atoms with E-state index in [2.05, 4.69) is 107 Å². The maximum Gasteiger partial charge on any atom is 0.0992 e. The van der Waals surface area contributed by atoms with Crippen molar-refractivity contribution < 1.29 is 0 Å². The van der Waals surface area contributed by atoms with Gasteiger partial charge in [-0.15, -0.1) is 0 Å². The van der Waals surface area contributed by atoms with E-state index in [1.807, 2.05) is 12.1 Å². The zero-order valence-electron chi connectivity index (χ0n) is 20.6. The first kappa shape index (κ1) is 23.1. The van der Waals surface area contributed by atoms with E-state index in [-0.39, 0.29) is 0 Å². The average Bonchev–Trinajstić information content (AvgIpc) is 3.00. The standard InChI is InChI=1S/C34H22N4/c35-21-23-15-17-37-33(19-23)27-11-7-25(8-12-27)29-3-1-5-31-30(4-2-6-32(29)31)26-9-13-28(14-10-26)34-20-24(22-36)16-18-38-34/h1-15,17,19-20H,16,18H2. The van der Waals surface area contributed by atoms with Gasteiger partial charge in [0.1, 0.15) is 0 Å². The Hall–Kier alpha value is -5.32. The molecule has 0 fully saturated rings. The van der Waals surface area contributed by atoms with E-state index in [9.17, 15) is 10.5 Å². The van der Waals surface area contributed by atoms with Gasteiger partial charge in [-0.1, -0.05) is 84.9 Å². The highest BCUT2D eigenvalue weighted by Crippen LogP contribution is 2.35. The monoisotopic (exact) mass is 486 g/mol. The number of dihydropyridines is 1. The second-order valence-electron chi connectivity index (χ2n) is 9.20. The number of nitrogens with zero attached hydrogens (tertiary/aromatic N) is 4. The molecule has 1 aromatic heterocycles. The first-order valence-corrected chi connectivity index (χ1v) is 12.5. The van der Waals surface area contributed by atoms with E-state index in [1.165, 1.54) is 16.3 Å². The summed E-state index contributed by atoms with van der Waals surface area (Å²) in [6.07, 6.45) is 4.28. The Morgan fingerprint density at radius 1 is 0.632 bits per heavy atom. The van der Waals surface area contributed by atoms with E-state index >= 15 is 0 Å². The van der Waals surface area contributed by atoms with Crippen molar-refractivity contribution in [3.05, 3.63) is 126 Å². The number of rotatable bonds is 4. The summed E-state index contributed by atoms with van der Waals surface area (Å²) in [6.45, 7) is 0.659. The Morgan fingerprint density at radius 3 is 1.84 bits per heavy atom. The van der Waals surface area contributed by atoms with Crippen molar-refractivity contribution in [2.75, 3.05) is 6.54 Å². The van der Waals surface area contributed by atoms with Crippen molar-refractivity contribution in [3.8, 4) is 45.6 Å². The SMILES string of the molecule is N#CC1=CC(c2ccc(-c3cccc4c(-c5ccc(-c6cc(C#N)ccn6)cc5)cccc34)cc2)=NCC1. The average molecular weight is 487 g/mol. The first-order chi connectivity index (χ1) is 18.7. The van der Waals surface area contributed by atoms with Crippen LogP contribution in [0.2, 0.25) is 0 Å². The van der Waals surface area contributed by atoms with Gasteiger partial charge >= 0.3 is 0 Å². The number of benzene rings is 4. The second kappa shape index (κ2) is 9.97. The molecule has 1 aliphatic heterocycles. The van der Waals surface area contributed by atoms with Crippen molar-refractivity contribution >= 4 is 16.5 Å². The molecular formula is C34H22N4. The van der Waals surface area contributed by atoms with Gasteiger partial charge in [-0.25, -0.2) is 0 Å². The topological polar surface area (TPSA) is 72.8 Å². The summed E-state index contributed by atoms with van der Waals surface area (Å²) in [5.41, 5.74) is 9.64.